The highest BCUT2D eigenvalue weighted by Crippen LogP contribution is 2.43. The normalized spacial score (nSPS) is 17.1. The van der Waals surface area contributed by atoms with Gasteiger partial charge < -0.3 is 19.4 Å². The van der Waals surface area contributed by atoms with Crippen molar-refractivity contribution in [1.29, 1.82) is 0 Å². The molecule has 0 saturated carbocycles. The van der Waals surface area contributed by atoms with Crippen LogP contribution in [0.1, 0.15) is 29.7 Å². The van der Waals surface area contributed by atoms with Gasteiger partial charge in [-0.15, -0.1) is 0 Å². The number of aromatic nitrogens is 2. The Bertz CT molecular complexity index is 1520. The van der Waals surface area contributed by atoms with Gasteiger partial charge in [-0.05, 0) is 56.7 Å². The van der Waals surface area contributed by atoms with E-state index in [1.165, 1.54) is 0 Å². The number of hydrogen-bond donors (Lipinski definition) is 1. The van der Waals surface area contributed by atoms with E-state index in [9.17, 15) is 4.79 Å². The molecule has 8 heteroatoms. The summed E-state index contributed by atoms with van der Waals surface area (Å²) in [7, 11) is 0. The second kappa shape index (κ2) is 8.61. The van der Waals surface area contributed by atoms with Crippen LogP contribution in [0.15, 0.2) is 58.0 Å². The molecule has 2 aliphatic heterocycles. The minimum Gasteiger partial charge on any atom is -0.455 e. The van der Waals surface area contributed by atoms with Crippen molar-refractivity contribution in [2.45, 2.75) is 26.8 Å². The minimum atomic E-state index is -0.163. The third-order valence-electron chi connectivity index (χ3n) is 7.16. The van der Waals surface area contributed by atoms with E-state index in [-0.39, 0.29) is 16.9 Å². The molecule has 36 heavy (non-hydrogen) atoms. The predicted molar refractivity (Wildman–Crippen MR) is 142 cm³/mol. The van der Waals surface area contributed by atoms with Crippen molar-refractivity contribution >= 4 is 34.1 Å². The van der Waals surface area contributed by atoms with Crippen LogP contribution >= 0.6 is 11.6 Å². The zero-order valence-corrected chi connectivity index (χ0v) is 21.2. The first-order valence-electron chi connectivity index (χ1n) is 12.1. The fraction of sp³-hybridized carbons (Fsp3) is 0.321. The standard InChI is InChI=1S/C28H27ClN4O3/c1-16-9-20(26-21(10-16)24(34)17(2)25(36-26)19-5-4-8-30-11-19)18(3)31-22-6-7-23(29)32-27(22)33-12-28(13-33)14-35-15-28/h4-11,18,31H,12-15H2,1-3H3/t18-/m1/s1. The Labute approximate surface area is 214 Å². The number of halogens is 1. The van der Waals surface area contributed by atoms with Crippen LogP contribution in [0.25, 0.3) is 22.3 Å². The Morgan fingerprint density at radius 2 is 1.97 bits per heavy atom. The predicted octanol–water partition coefficient (Wildman–Crippen LogP) is 5.53. The molecule has 0 bridgehead atoms. The van der Waals surface area contributed by atoms with Crippen LogP contribution in [0.3, 0.4) is 0 Å². The number of fused-ring (bicyclic) bond motifs is 1. The highest BCUT2D eigenvalue weighted by Gasteiger charge is 2.50. The lowest BCUT2D eigenvalue weighted by atomic mass is 9.78. The van der Waals surface area contributed by atoms with Crippen LogP contribution in [0.4, 0.5) is 11.5 Å². The van der Waals surface area contributed by atoms with Crippen LogP contribution in [0.5, 0.6) is 0 Å². The molecule has 184 valence electrons. The molecule has 2 aliphatic rings. The number of benzene rings is 1. The fourth-order valence-electron chi connectivity index (χ4n) is 5.24. The maximum atomic E-state index is 13.4. The summed E-state index contributed by atoms with van der Waals surface area (Å²) in [5.74, 6) is 1.37. The molecule has 1 aromatic carbocycles. The fourth-order valence-corrected chi connectivity index (χ4v) is 5.38. The average Bonchev–Trinajstić information content (AvgIpc) is 2.81. The van der Waals surface area contributed by atoms with Gasteiger partial charge in [0.25, 0.3) is 0 Å². The van der Waals surface area contributed by atoms with Gasteiger partial charge in [-0.1, -0.05) is 17.7 Å². The van der Waals surface area contributed by atoms with E-state index in [1.807, 2.05) is 31.2 Å². The van der Waals surface area contributed by atoms with Gasteiger partial charge in [0, 0.05) is 42.2 Å². The van der Waals surface area contributed by atoms with Crippen LogP contribution in [-0.4, -0.2) is 36.3 Å². The van der Waals surface area contributed by atoms with E-state index in [4.69, 9.17) is 20.8 Å². The largest absolute Gasteiger partial charge is 0.455 e. The minimum absolute atomic E-state index is 0.0327. The van der Waals surface area contributed by atoms with Gasteiger partial charge in [0.2, 0.25) is 0 Å². The summed E-state index contributed by atoms with van der Waals surface area (Å²) in [6.45, 7) is 9.27. The van der Waals surface area contributed by atoms with E-state index in [2.05, 4.69) is 33.2 Å². The Morgan fingerprint density at radius 1 is 1.17 bits per heavy atom. The second-order valence-corrected chi connectivity index (χ2v) is 10.5. The molecular formula is C28H27ClN4O3. The lowest BCUT2D eigenvalue weighted by Gasteiger charge is -2.55. The lowest BCUT2D eigenvalue weighted by molar-refractivity contribution is -0.127. The summed E-state index contributed by atoms with van der Waals surface area (Å²) in [5.41, 5.74) is 4.93. The third-order valence-corrected chi connectivity index (χ3v) is 7.37. The van der Waals surface area contributed by atoms with Crippen LogP contribution in [-0.2, 0) is 4.74 Å². The van der Waals surface area contributed by atoms with E-state index in [0.29, 0.717) is 27.4 Å². The summed E-state index contributed by atoms with van der Waals surface area (Å²) in [6, 6.07) is 11.3. The smallest absolute Gasteiger partial charge is 0.196 e. The van der Waals surface area contributed by atoms with E-state index >= 15 is 0 Å². The van der Waals surface area contributed by atoms with Crippen molar-refractivity contribution in [3.05, 3.63) is 80.9 Å². The number of nitrogens with zero attached hydrogens (tertiary/aromatic N) is 3. The Kier molecular flexibility index (Phi) is 5.50. The molecule has 5 heterocycles. The first kappa shape index (κ1) is 23.0. The van der Waals surface area contributed by atoms with Gasteiger partial charge >= 0.3 is 0 Å². The molecule has 0 unspecified atom stereocenters. The van der Waals surface area contributed by atoms with Gasteiger partial charge in [0.05, 0.1) is 35.7 Å². The summed E-state index contributed by atoms with van der Waals surface area (Å²) in [5, 5.41) is 4.64. The number of hydrogen-bond acceptors (Lipinski definition) is 7. The molecular weight excluding hydrogens is 476 g/mol. The number of nitrogens with one attached hydrogen (secondary N) is 1. The van der Waals surface area contributed by atoms with Crippen LogP contribution in [0, 0.1) is 19.3 Å². The van der Waals surface area contributed by atoms with Gasteiger partial charge in [-0.25, -0.2) is 4.98 Å². The van der Waals surface area contributed by atoms with Crippen molar-refractivity contribution < 1.29 is 9.15 Å². The maximum Gasteiger partial charge on any atom is 0.196 e. The monoisotopic (exact) mass is 502 g/mol. The van der Waals surface area contributed by atoms with Crippen LogP contribution in [0.2, 0.25) is 5.15 Å². The van der Waals surface area contributed by atoms with Crippen LogP contribution < -0.4 is 15.6 Å². The first-order chi connectivity index (χ1) is 17.3. The van der Waals surface area contributed by atoms with Crippen molar-refractivity contribution in [2.24, 2.45) is 5.41 Å². The maximum absolute atomic E-state index is 13.4. The molecule has 2 fully saturated rings. The van der Waals surface area contributed by atoms with Gasteiger partial charge in [0.15, 0.2) is 11.2 Å². The third kappa shape index (κ3) is 3.83. The van der Waals surface area contributed by atoms with Gasteiger partial charge in [-0.3, -0.25) is 9.78 Å². The molecule has 7 nitrogen and oxygen atoms in total. The number of pyridine rings is 2. The Hall–Kier alpha value is -3.42. The van der Waals surface area contributed by atoms with E-state index < -0.39 is 0 Å². The van der Waals surface area contributed by atoms with Crippen molar-refractivity contribution in [1.82, 2.24) is 9.97 Å². The first-order valence-corrected chi connectivity index (χ1v) is 12.5. The van der Waals surface area contributed by atoms with Gasteiger partial charge in [-0.2, -0.15) is 0 Å². The molecule has 1 spiro atoms. The zero-order chi connectivity index (χ0) is 25.0. The number of aryl methyl sites for hydroxylation is 1. The van der Waals surface area contributed by atoms with E-state index in [1.54, 1.807) is 25.4 Å². The number of rotatable bonds is 5. The topological polar surface area (TPSA) is 80.5 Å². The summed E-state index contributed by atoms with van der Waals surface area (Å²) in [4.78, 5) is 24.5. The highest BCUT2D eigenvalue weighted by atomic mass is 35.5. The molecule has 1 atom stereocenters. The average molecular weight is 503 g/mol. The highest BCUT2D eigenvalue weighted by molar-refractivity contribution is 6.29. The number of ether oxygens (including phenoxy) is 1. The Balaban J connectivity index is 1.40. The van der Waals surface area contributed by atoms with Crippen molar-refractivity contribution in [3.8, 4) is 11.3 Å². The SMILES string of the molecule is Cc1cc([C@@H](C)Nc2ccc(Cl)nc2N2CC3(COC3)C2)c2oc(-c3cccnc3)c(C)c(=O)c2c1. The molecule has 1 N–H and O–H groups in total. The molecule has 6 rings (SSSR count). The molecule has 0 aliphatic carbocycles. The molecule has 0 radical (unpaired) electrons. The quantitative estimate of drug-likeness (QED) is 0.359. The Morgan fingerprint density at radius 3 is 2.67 bits per heavy atom. The lowest BCUT2D eigenvalue weighted by Crippen LogP contribution is -2.66. The zero-order valence-electron chi connectivity index (χ0n) is 20.5. The summed E-state index contributed by atoms with van der Waals surface area (Å²) >= 11 is 6.28. The number of anilines is 2. The molecule has 2 saturated heterocycles. The van der Waals surface area contributed by atoms with Crippen molar-refractivity contribution in [3.63, 3.8) is 0 Å². The second-order valence-electron chi connectivity index (χ2n) is 10.1. The van der Waals surface area contributed by atoms with Gasteiger partial charge in [0.1, 0.15) is 16.5 Å². The molecule has 3 aromatic heterocycles. The molecule has 0 amide bonds. The summed E-state index contributed by atoms with van der Waals surface area (Å²) < 4.78 is 11.9. The molecule has 4 aromatic rings. The van der Waals surface area contributed by atoms with Crippen molar-refractivity contribution in [2.75, 3.05) is 36.5 Å². The van der Waals surface area contributed by atoms with E-state index in [0.717, 1.165) is 54.5 Å². The summed E-state index contributed by atoms with van der Waals surface area (Å²) in [6.07, 6.45) is 3.42.